The lowest BCUT2D eigenvalue weighted by molar-refractivity contribution is 0.408. The zero-order valence-corrected chi connectivity index (χ0v) is 12.8. The average molecular weight is 260 g/mol. The maximum absolute atomic E-state index is 9.33. The van der Waals surface area contributed by atoms with Crippen molar-refractivity contribution in [2.75, 3.05) is 14.2 Å². The van der Waals surface area contributed by atoms with Gasteiger partial charge in [-0.05, 0) is 62.6 Å². The molecule has 19 heavy (non-hydrogen) atoms. The molecule has 0 amide bonds. The first-order valence-electron chi connectivity index (χ1n) is 6.73. The van der Waals surface area contributed by atoms with Crippen LogP contribution in [0.4, 0.5) is 0 Å². The van der Waals surface area contributed by atoms with E-state index in [2.05, 4.69) is 45.1 Å². The van der Waals surface area contributed by atoms with E-state index in [4.69, 9.17) is 4.74 Å². The maximum Gasteiger partial charge on any atom is 0.122 e. The Morgan fingerprint density at radius 2 is 1.95 bits per heavy atom. The fourth-order valence-electron chi connectivity index (χ4n) is 2.70. The third kappa shape index (κ3) is 2.90. The Balaban J connectivity index is 3.41. The molecule has 0 saturated carbocycles. The number of nitriles is 1. The SMILES string of the molecule is CCC(C#N)C(NC)c1c(C)cc(OC)c(C)c1C. The van der Waals surface area contributed by atoms with Gasteiger partial charge in [-0.3, -0.25) is 0 Å². The monoisotopic (exact) mass is 260 g/mol. The molecule has 104 valence electrons. The van der Waals surface area contributed by atoms with Gasteiger partial charge < -0.3 is 10.1 Å². The molecule has 0 aliphatic heterocycles. The van der Waals surface area contributed by atoms with Gasteiger partial charge in [-0.15, -0.1) is 0 Å². The van der Waals surface area contributed by atoms with Crippen molar-refractivity contribution < 1.29 is 4.74 Å². The lowest BCUT2D eigenvalue weighted by Gasteiger charge is -2.26. The predicted octanol–water partition coefficient (Wildman–Crippen LogP) is 3.43. The van der Waals surface area contributed by atoms with Crippen LogP contribution >= 0.6 is 0 Å². The molecule has 0 radical (unpaired) electrons. The molecule has 0 spiro atoms. The molecule has 3 heteroatoms. The quantitative estimate of drug-likeness (QED) is 0.882. The summed E-state index contributed by atoms with van der Waals surface area (Å²) < 4.78 is 5.40. The highest BCUT2D eigenvalue weighted by Crippen LogP contribution is 2.34. The van der Waals surface area contributed by atoms with Crippen LogP contribution in [0.3, 0.4) is 0 Å². The van der Waals surface area contributed by atoms with Crippen molar-refractivity contribution in [3.63, 3.8) is 0 Å². The number of methoxy groups -OCH3 is 1. The van der Waals surface area contributed by atoms with Gasteiger partial charge in [-0.25, -0.2) is 0 Å². The minimum Gasteiger partial charge on any atom is -0.496 e. The number of rotatable bonds is 5. The summed E-state index contributed by atoms with van der Waals surface area (Å²) in [5.41, 5.74) is 4.77. The van der Waals surface area contributed by atoms with E-state index in [-0.39, 0.29) is 12.0 Å². The summed E-state index contributed by atoms with van der Waals surface area (Å²) in [6.07, 6.45) is 0.839. The van der Waals surface area contributed by atoms with E-state index in [1.54, 1.807) is 7.11 Å². The van der Waals surface area contributed by atoms with Gasteiger partial charge in [0.05, 0.1) is 19.1 Å². The molecule has 0 aromatic heterocycles. The minimum atomic E-state index is -0.0183. The summed E-state index contributed by atoms with van der Waals surface area (Å²) in [5, 5.41) is 12.6. The highest BCUT2D eigenvalue weighted by Gasteiger charge is 2.24. The Bertz CT molecular complexity index is 489. The topological polar surface area (TPSA) is 45.0 Å². The first-order chi connectivity index (χ1) is 9.01. The van der Waals surface area contributed by atoms with Gasteiger partial charge in [-0.2, -0.15) is 5.26 Å². The second-order valence-electron chi connectivity index (χ2n) is 4.97. The van der Waals surface area contributed by atoms with Crippen molar-refractivity contribution in [2.45, 2.75) is 40.2 Å². The van der Waals surface area contributed by atoms with E-state index in [0.717, 1.165) is 17.7 Å². The van der Waals surface area contributed by atoms with Crippen LogP contribution in [0.2, 0.25) is 0 Å². The molecule has 2 atom stereocenters. The van der Waals surface area contributed by atoms with Crippen molar-refractivity contribution in [1.29, 1.82) is 5.26 Å². The lowest BCUT2D eigenvalue weighted by Crippen LogP contribution is -2.26. The number of nitrogens with zero attached hydrogens (tertiary/aromatic N) is 1. The molecule has 0 aliphatic carbocycles. The van der Waals surface area contributed by atoms with Crippen molar-refractivity contribution in [1.82, 2.24) is 5.32 Å². The number of hydrogen-bond acceptors (Lipinski definition) is 3. The number of hydrogen-bond donors (Lipinski definition) is 1. The molecule has 0 aliphatic rings. The molecular weight excluding hydrogens is 236 g/mol. The molecule has 1 rings (SSSR count). The second kappa shape index (κ2) is 6.58. The summed E-state index contributed by atoms with van der Waals surface area (Å²) >= 11 is 0. The Labute approximate surface area is 116 Å². The van der Waals surface area contributed by atoms with E-state index < -0.39 is 0 Å². The summed E-state index contributed by atoms with van der Waals surface area (Å²) in [7, 11) is 3.61. The molecule has 1 aromatic rings. The molecule has 0 saturated heterocycles. The largest absolute Gasteiger partial charge is 0.496 e. The maximum atomic E-state index is 9.33. The van der Waals surface area contributed by atoms with Crippen LogP contribution in [0.5, 0.6) is 5.75 Å². The Kier molecular flexibility index (Phi) is 5.38. The minimum absolute atomic E-state index is 0.0183. The third-order valence-electron chi connectivity index (χ3n) is 3.96. The van der Waals surface area contributed by atoms with Gasteiger partial charge >= 0.3 is 0 Å². The summed E-state index contributed by atoms with van der Waals surface area (Å²) in [5.74, 6) is 0.897. The summed E-state index contributed by atoms with van der Waals surface area (Å²) in [4.78, 5) is 0. The number of benzene rings is 1. The van der Waals surface area contributed by atoms with Crippen LogP contribution in [-0.4, -0.2) is 14.2 Å². The van der Waals surface area contributed by atoms with Gasteiger partial charge in [0.2, 0.25) is 0 Å². The van der Waals surface area contributed by atoms with Gasteiger partial charge in [0.15, 0.2) is 0 Å². The van der Waals surface area contributed by atoms with Crippen molar-refractivity contribution in [3.05, 3.63) is 28.3 Å². The average Bonchev–Trinajstić information content (AvgIpc) is 2.42. The van der Waals surface area contributed by atoms with E-state index >= 15 is 0 Å². The Morgan fingerprint density at radius 1 is 1.32 bits per heavy atom. The van der Waals surface area contributed by atoms with Crippen LogP contribution in [0.15, 0.2) is 6.07 Å². The molecule has 0 heterocycles. The Morgan fingerprint density at radius 3 is 2.37 bits per heavy atom. The number of aryl methyl sites for hydroxylation is 1. The zero-order chi connectivity index (χ0) is 14.6. The number of nitrogens with one attached hydrogen (secondary N) is 1. The highest BCUT2D eigenvalue weighted by molar-refractivity contribution is 5.49. The molecular formula is C16H24N2O. The highest BCUT2D eigenvalue weighted by atomic mass is 16.5. The van der Waals surface area contributed by atoms with E-state index in [1.165, 1.54) is 16.7 Å². The molecule has 1 aromatic carbocycles. The van der Waals surface area contributed by atoms with Gasteiger partial charge in [0, 0.05) is 6.04 Å². The van der Waals surface area contributed by atoms with Crippen molar-refractivity contribution in [2.24, 2.45) is 5.92 Å². The third-order valence-corrected chi connectivity index (χ3v) is 3.96. The van der Waals surface area contributed by atoms with E-state index in [0.29, 0.717) is 0 Å². The van der Waals surface area contributed by atoms with E-state index in [9.17, 15) is 5.26 Å². The van der Waals surface area contributed by atoms with Crippen LogP contribution in [0.1, 0.15) is 41.6 Å². The van der Waals surface area contributed by atoms with Crippen LogP contribution in [-0.2, 0) is 0 Å². The first-order valence-corrected chi connectivity index (χ1v) is 6.73. The second-order valence-corrected chi connectivity index (χ2v) is 4.97. The number of ether oxygens (including phenoxy) is 1. The van der Waals surface area contributed by atoms with Crippen molar-refractivity contribution in [3.8, 4) is 11.8 Å². The fraction of sp³-hybridized carbons (Fsp3) is 0.562. The van der Waals surface area contributed by atoms with E-state index in [1.807, 2.05) is 7.05 Å². The summed E-state index contributed by atoms with van der Waals surface area (Å²) in [6.45, 7) is 8.31. The van der Waals surface area contributed by atoms with Gasteiger partial charge in [0.25, 0.3) is 0 Å². The molecule has 3 nitrogen and oxygen atoms in total. The van der Waals surface area contributed by atoms with Gasteiger partial charge in [0.1, 0.15) is 5.75 Å². The van der Waals surface area contributed by atoms with Crippen molar-refractivity contribution >= 4 is 0 Å². The lowest BCUT2D eigenvalue weighted by atomic mass is 9.85. The Hall–Kier alpha value is -1.53. The van der Waals surface area contributed by atoms with Crippen LogP contribution in [0.25, 0.3) is 0 Å². The standard InChI is InChI=1S/C16H24N2O/c1-7-13(9-17)16(18-5)15-10(2)8-14(19-6)11(3)12(15)4/h8,13,16,18H,7H2,1-6H3. The molecule has 1 N–H and O–H groups in total. The molecule has 0 bridgehead atoms. The normalized spacial score (nSPS) is 13.7. The van der Waals surface area contributed by atoms with Crippen LogP contribution in [0, 0.1) is 38.0 Å². The molecule has 0 fully saturated rings. The predicted molar refractivity (Wildman–Crippen MR) is 78.4 cm³/mol. The smallest absolute Gasteiger partial charge is 0.122 e. The first kappa shape index (κ1) is 15.5. The summed E-state index contributed by atoms with van der Waals surface area (Å²) in [6, 6.07) is 4.54. The zero-order valence-electron chi connectivity index (χ0n) is 12.8. The van der Waals surface area contributed by atoms with Crippen LogP contribution < -0.4 is 10.1 Å². The van der Waals surface area contributed by atoms with Gasteiger partial charge in [-0.1, -0.05) is 6.92 Å². The molecule has 2 unspecified atom stereocenters. The fourth-order valence-corrected chi connectivity index (χ4v) is 2.70.